The van der Waals surface area contributed by atoms with E-state index in [4.69, 9.17) is 10.5 Å². The molecule has 19 heavy (non-hydrogen) atoms. The average Bonchev–Trinajstić information content (AvgIpc) is 2.77. The quantitative estimate of drug-likeness (QED) is 0.651. The number of ether oxygens (including phenoxy) is 1. The number of nitrogens with zero attached hydrogens (tertiary/aromatic N) is 1. The first kappa shape index (κ1) is 14.5. The fourth-order valence-corrected chi connectivity index (χ4v) is 4.17. The number of hydrogen-bond acceptors (Lipinski definition) is 7. The maximum Gasteiger partial charge on any atom is 0.350 e. The number of esters is 1. The summed E-state index contributed by atoms with van der Waals surface area (Å²) in [6.07, 6.45) is 1.99. The van der Waals surface area contributed by atoms with Crippen molar-refractivity contribution in [2.45, 2.75) is 11.8 Å². The number of rotatable bonds is 4. The van der Waals surface area contributed by atoms with Gasteiger partial charge in [-0.15, -0.1) is 23.1 Å². The molecule has 0 saturated carbocycles. The molecule has 0 aromatic carbocycles. The fourth-order valence-electron chi connectivity index (χ4n) is 2.04. The molecule has 2 rings (SSSR count). The van der Waals surface area contributed by atoms with Crippen LogP contribution >= 0.6 is 23.1 Å². The molecule has 7 heteroatoms. The van der Waals surface area contributed by atoms with Gasteiger partial charge < -0.3 is 20.7 Å². The Morgan fingerprint density at radius 1 is 1.53 bits per heavy atom. The molecule has 106 valence electrons. The van der Waals surface area contributed by atoms with E-state index in [-0.39, 0.29) is 5.97 Å². The van der Waals surface area contributed by atoms with E-state index >= 15 is 0 Å². The van der Waals surface area contributed by atoms with Crippen molar-refractivity contribution in [3.05, 3.63) is 4.88 Å². The molecule has 0 spiro atoms. The number of hydrogen-bond donors (Lipinski definition) is 2. The van der Waals surface area contributed by atoms with Gasteiger partial charge in [-0.2, -0.15) is 0 Å². The number of piperazine rings is 1. The lowest BCUT2D eigenvalue weighted by molar-refractivity contribution is 0.0533. The zero-order chi connectivity index (χ0) is 13.8. The average molecular weight is 301 g/mol. The van der Waals surface area contributed by atoms with Gasteiger partial charge in [-0.25, -0.2) is 4.79 Å². The topological polar surface area (TPSA) is 67.6 Å². The van der Waals surface area contributed by atoms with Crippen LogP contribution in [0.2, 0.25) is 0 Å². The highest BCUT2D eigenvalue weighted by atomic mass is 32.2. The number of carbonyl (C=O) groups excluding carboxylic acids is 1. The van der Waals surface area contributed by atoms with Crippen molar-refractivity contribution in [1.29, 1.82) is 0 Å². The number of thiophene rings is 1. The van der Waals surface area contributed by atoms with Gasteiger partial charge in [-0.1, -0.05) is 0 Å². The smallest absolute Gasteiger partial charge is 0.350 e. The number of carbonyl (C=O) groups is 1. The minimum atomic E-state index is -0.318. The SMILES string of the molecule is CCOC(=O)c1sc(N2CCNCC2)c(SC)c1N. The van der Waals surface area contributed by atoms with Crippen molar-refractivity contribution in [1.82, 2.24) is 5.32 Å². The molecule has 5 nitrogen and oxygen atoms in total. The molecule has 0 unspecified atom stereocenters. The molecule has 0 radical (unpaired) electrons. The maximum atomic E-state index is 11.9. The number of thioether (sulfide) groups is 1. The van der Waals surface area contributed by atoms with Gasteiger partial charge in [0, 0.05) is 26.2 Å². The van der Waals surface area contributed by atoms with Crippen LogP contribution in [0.25, 0.3) is 0 Å². The van der Waals surface area contributed by atoms with Crippen molar-refractivity contribution in [3.8, 4) is 0 Å². The van der Waals surface area contributed by atoms with Crippen molar-refractivity contribution >= 4 is 39.8 Å². The Morgan fingerprint density at radius 2 is 2.21 bits per heavy atom. The number of nitrogen functional groups attached to an aromatic ring is 1. The lowest BCUT2D eigenvalue weighted by atomic mass is 10.3. The Kier molecular flexibility index (Phi) is 4.95. The summed E-state index contributed by atoms with van der Waals surface area (Å²) in [7, 11) is 0. The summed E-state index contributed by atoms with van der Waals surface area (Å²) < 4.78 is 5.06. The predicted molar refractivity (Wildman–Crippen MR) is 81.6 cm³/mol. The van der Waals surface area contributed by atoms with Crippen LogP contribution in [-0.2, 0) is 4.74 Å². The highest BCUT2D eigenvalue weighted by Crippen LogP contribution is 2.44. The third kappa shape index (κ3) is 2.98. The van der Waals surface area contributed by atoms with Crippen LogP contribution < -0.4 is 16.0 Å². The van der Waals surface area contributed by atoms with Gasteiger partial charge in [0.05, 0.1) is 17.2 Å². The molecule has 3 N–H and O–H groups in total. The Labute approximate surface area is 121 Å². The molecule has 1 saturated heterocycles. The highest BCUT2D eigenvalue weighted by molar-refractivity contribution is 7.99. The first-order chi connectivity index (χ1) is 9.19. The second-order valence-corrected chi connectivity index (χ2v) is 5.96. The monoisotopic (exact) mass is 301 g/mol. The minimum Gasteiger partial charge on any atom is -0.462 e. The summed E-state index contributed by atoms with van der Waals surface area (Å²) in [5.74, 6) is -0.318. The predicted octanol–water partition coefficient (Wildman–Crippen LogP) is 1.64. The van der Waals surface area contributed by atoms with Crippen LogP contribution in [-0.4, -0.2) is 45.0 Å². The van der Waals surface area contributed by atoms with E-state index in [0.717, 1.165) is 36.1 Å². The molecular weight excluding hydrogens is 282 g/mol. The summed E-state index contributed by atoms with van der Waals surface area (Å²) in [6.45, 7) is 5.97. The van der Waals surface area contributed by atoms with E-state index in [1.807, 2.05) is 6.26 Å². The summed E-state index contributed by atoms with van der Waals surface area (Å²) in [5, 5.41) is 4.41. The lowest BCUT2D eigenvalue weighted by Crippen LogP contribution is -2.43. The molecule has 1 aromatic rings. The molecule has 0 aliphatic carbocycles. The molecule has 1 aliphatic heterocycles. The summed E-state index contributed by atoms with van der Waals surface area (Å²) in [4.78, 5) is 15.7. The van der Waals surface area contributed by atoms with Crippen LogP contribution in [0.1, 0.15) is 16.6 Å². The van der Waals surface area contributed by atoms with Gasteiger partial charge in [0.1, 0.15) is 9.88 Å². The summed E-state index contributed by atoms with van der Waals surface area (Å²) in [5.41, 5.74) is 6.66. The standard InChI is InChI=1S/C12H19N3O2S2/c1-3-17-12(16)10-8(13)9(18-2)11(19-10)15-6-4-14-5-7-15/h14H,3-7,13H2,1-2H3. The van der Waals surface area contributed by atoms with Crippen LogP contribution in [0.5, 0.6) is 0 Å². The molecule has 2 heterocycles. The first-order valence-corrected chi connectivity index (χ1v) is 8.32. The number of nitrogens with two attached hydrogens (primary N) is 1. The number of nitrogens with one attached hydrogen (secondary N) is 1. The van der Waals surface area contributed by atoms with Crippen LogP contribution in [0.4, 0.5) is 10.7 Å². The van der Waals surface area contributed by atoms with Gasteiger partial charge in [-0.3, -0.25) is 0 Å². The Morgan fingerprint density at radius 3 is 2.79 bits per heavy atom. The van der Waals surface area contributed by atoms with E-state index in [1.165, 1.54) is 11.3 Å². The normalized spacial score (nSPS) is 15.6. The second kappa shape index (κ2) is 6.49. The van der Waals surface area contributed by atoms with Gasteiger partial charge in [0.2, 0.25) is 0 Å². The van der Waals surface area contributed by atoms with Crippen molar-refractivity contribution < 1.29 is 9.53 Å². The molecule has 1 fully saturated rings. The van der Waals surface area contributed by atoms with E-state index < -0.39 is 0 Å². The number of anilines is 2. The van der Waals surface area contributed by atoms with Gasteiger partial charge in [-0.05, 0) is 13.2 Å². The van der Waals surface area contributed by atoms with E-state index in [0.29, 0.717) is 17.2 Å². The molecule has 0 atom stereocenters. The van der Waals surface area contributed by atoms with Crippen LogP contribution in [0, 0.1) is 0 Å². The molecule has 1 aliphatic rings. The zero-order valence-corrected chi connectivity index (χ0v) is 12.8. The van der Waals surface area contributed by atoms with Crippen molar-refractivity contribution in [2.75, 3.05) is 49.7 Å². The first-order valence-electron chi connectivity index (χ1n) is 6.28. The fraction of sp³-hybridized carbons (Fsp3) is 0.583. The van der Waals surface area contributed by atoms with Crippen LogP contribution in [0.3, 0.4) is 0 Å². The molecule has 0 bridgehead atoms. The van der Waals surface area contributed by atoms with E-state index in [9.17, 15) is 4.79 Å². The van der Waals surface area contributed by atoms with Gasteiger partial charge in [0.15, 0.2) is 0 Å². The Hall–Kier alpha value is -0.920. The van der Waals surface area contributed by atoms with Crippen molar-refractivity contribution in [2.24, 2.45) is 0 Å². The van der Waals surface area contributed by atoms with Crippen molar-refractivity contribution in [3.63, 3.8) is 0 Å². The third-order valence-corrected chi connectivity index (χ3v) is 5.15. The summed E-state index contributed by atoms with van der Waals surface area (Å²) in [6, 6.07) is 0. The third-order valence-electron chi connectivity index (χ3n) is 2.95. The minimum absolute atomic E-state index is 0.318. The van der Waals surface area contributed by atoms with Gasteiger partial charge >= 0.3 is 5.97 Å². The Bertz CT molecular complexity index is 456. The lowest BCUT2D eigenvalue weighted by Gasteiger charge is -2.28. The van der Waals surface area contributed by atoms with E-state index in [2.05, 4.69) is 10.2 Å². The maximum absolute atomic E-state index is 11.9. The molecular formula is C12H19N3O2S2. The second-order valence-electron chi connectivity index (χ2n) is 4.14. The van der Waals surface area contributed by atoms with E-state index in [1.54, 1.807) is 18.7 Å². The molecule has 1 aromatic heterocycles. The van der Waals surface area contributed by atoms with Crippen LogP contribution in [0.15, 0.2) is 4.90 Å². The highest BCUT2D eigenvalue weighted by Gasteiger charge is 2.25. The van der Waals surface area contributed by atoms with Gasteiger partial charge in [0.25, 0.3) is 0 Å². The summed E-state index contributed by atoms with van der Waals surface area (Å²) >= 11 is 3.03. The Balaban J connectivity index is 2.32. The zero-order valence-electron chi connectivity index (χ0n) is 11.2. The largest absolute Gasteiger partial charge is 0.462 e. The molecule has 0 amide bonds.